The SMILES string of the molecule is COc1cccnc1NC(=S)NCCCN1c2ccccc2C[C@@H]1C. The van der Waals surface area contributed by atoms with Crippen LogP contribution in [0.1, 0.15) is 18.9 Å². The van der Waals surface area contributed by atoms with E-state index in [9.17, 15) is 0 Å². The first-order valence-electron chi connectivity index (χ1n) is 8.57. The Morgan fingerprint density at radius 2 is 2.16 bits per heavy atom. The highest BCUT2D eigenvalue weighted by Crippen LogP contribution is 2.31. The average Bonchev–Trinajstić information content (AvgIpc) is 2.94. The number of anilines is 2. The number of methoxy groups -OCH3 is 1. The number of nitrogens with one attached hydrogen (secondary N) is 2. The molecule has 0 aliphatic carbocycles. The fraction of sp³-hybridized carbons (Fsp3) is 0.368. The van der Waals surface area contributed by atoms with Crippen molar-refractivity contribution in [1.29, 1.82) is 0 Å². The number of rotatable bonds is 6. The van der Waals surface area contributed by atoms with Gasteiger partial charge in [-0.3, -0.25) is 0 Å². The molecule has 0 spiro atoms. The second-order valence-corrected chi connectivity index (χ2v) is 6.57. The first kappa shape index (κ1) is 17.5. The van der Waals surface area contributed by atoms with Crippen molar-refractivity contribution < 1.29 is 4.74 Å². The molecule has 2 heterocycles. The van der Waals surface area contributed by atoms with E-state index < -0.39 is 0 Å². The summed E-state index contributed by atoms with van der Waals surface area (Å²) in [6.07, 6.45) is 3.85. The zero-order chi connectivity index (χ0) is 17.6. The molecule has 1 atom stereocenters. The number of hydrogen-bond donors (Lipinski definition) is 2. The smallest absolute Gasteiger partial charge is 0.174 e. The van der Waals surface area contributed by atoms with Crippen LogP contribution in [0.25, 0.3) is 0 Å². The molecule has 0 amide bonds. The molecule has 0 fully saturated rings. The predicted octanol–water partition coefficient (Wildman–Crippen LogP) is 3.22. The Morgan fingerprint density at radius 1 is 1.32 bits per heavy atom. The van der Waals surface area contributed by atoms with Crippen molar-refractivity contribution in [2.24, 2.45) is 0 Å². The number of pyridine rings is 1. The van der Waals surface area contributed by atoms with Crippen LogP contribution >= 0.6 is 12.2 Å². The van der Waals surface area contributed by atoms with E-state index >= 15 is 0 Å². The fourth-order valence-corrected chi connectivity index (χ4v) is 3.42. The molecule has 1 aliphatic heterocycles. The molecule has 0 unspecified atom stereocenters. The Bertz CT molecular complexity index is 737. The van der Waals surface area contributed by atoms with Crippen LogP contribution in [0.15, 0.2) is 42.6 Å². The van der Waals surface area contributed by atoms with Crippen molar-refractivity contribution in [1.82, 2.24) is 10.3 Å². The summed E-state index contributed by atoms with van der Waals surface area (Å²) in [5.41, 5.74) is 2.82. The van der Waals surface area contributed by atoms with Crippen LogP contribution < -0.4 is 20.3 Å². The van der Waals surface area contributed by atoms with Gasteiger partial charge in [-0.25, -0.2) is 4.98 Å². The van der Waals surface area contributed by atoms with Crippen molar-refractivity contribution in [2.75, 3.05) is 30.4 Å². The highest BCUT2D eigenvalue weighted by Gasteiger charge is 2.24. The molecule has 3 rings (SSSR count). The summed E-state index contributed by atoms with van der Waals surface area (Å²) >= 11 is 5.35. The summed E-state index contributed by atoms with van der Waals surface area (Å²) in [7, 11) is 1.62. The average molecular weight is 356 g/mol. The molecular weight excluding hydrogens is 332 g/mol. The highest BCUT2D eigenvalue weighted by atomic mass is 32.1. The molecule has 1 aromatic heterocycles. The Labute approximate surface area is 154 Å². The number of ether oxygens (including phenoxy) is 1. The quantitative estimate of drug-likeness (QED) is 0.612. The van der Waals surface area contributed by atoms with Crippen LogP contribution in [0.5, 0.6) is 5.75 Å². The minimum absolute atomic E-state index is 0.556. The van der Waals surface area contributed by atoms with Crippen LogP contribution in [0.3, 0.4) is 0 Å². The number of para-hydroxylation sites is 1. The molecule has 0 radical (unpaired) electrons. The van der Waals surface area contributed by atoms with Crippen molar-refractivity contribution in [3.05, 3.63) is 48.2 Å². The molecule has 0 bridgehead atoms. The lowest BCUT2D eigenvalue weighted by atomic mass is 10.1. The van der Waals surface area contributed by atoms with Gasteiger partial charge in [0.05, 0.1) is 7.11 Å². The van der Waals surface area contributed by atoms with Gasteiger partial charge in [0.2, 0.25) is 0 Å². The van der Waals surface area contributed by atoms with Gasteiger partial charge >= 0.3 is 0 Å². The zero-order valence-electron chi connectivity index (χ0n) is 14.7. The Kier molecular flexibility index (Phi) is 5.71. The predicted molar refractivity (Wildman–Crippen MR) is 107 cm³/mol. The lowest BCUT2D eigenvalue weighted by Crippen LogP contribution is -2.34. The van der Waals surface area contributed by atoms with Gasteiger partial charge in [0, 0.05) is 31.0 Å². The van der Waals surface area contributed by atoms with E-state index in [1.54, 1.807) is 13.3 Å². The first-order chi connectivity index (χ1) is 12.2. The molecule has 0 saturated heterocycles. The van der Waals surface area contributed by atoms with E-state index in [-0.39, 0.29) is 0 Å². The largest absolute Gasteiger partial charge is 0.493 e. The van der Waals surface area contributed by atoms with Crippen molar-refractivity contribution in [3.8, 4) is 5.75 Å². The van der Waals surface area contributed by atoms with Crippen LogP contribution in [0.2, 0.25) is 0 Å². The number of nitrogens with zero attached hydrogens (tertiary/aromatic N) is 2. The van der Waals surface area contributed by atoms with E-state index in [1.165, 1.54) is 11.3 Å². The molecule has 0 saturated carbocycles. The summed E-state index contributed by atoms with van der Waals surface area (Å²) in [5.74, 6) is 1.30. The maximum Gasteiger partial charge on any atom is 0.174 e. The standard InChI is InChI=1S/C19H24N4OS/c1-14-13-15-7-3-4-8-16(15)23(14)12-6-11-21-19(25)22-18-17(24-2)9-5-10-20-18/h3-5,7-10,14H,6,11-13H2,1-2H3,(H2,20,21,22,25)/t14-/m0/s1. The van der Waals surface area contributed by atoms with Gasteiger partial charge in [0.1, 0.15) is 0 Å². The topological polar surface area (TPSA) is 49.4 Å². The van der Waals surface area contributed by atoms with Gasteiger partial charge in [0.15, 0.2) is 16.7 Å². The summed E-state index contributed by atoms with van der Waals surface area (Å²) < 4.78 is 5.27. The highest BCUT2D eigenvalue weighted by molar-refractivity contribution is 7.80. The second kappa shape index (κ2) is 8.16. The number of fused-ring (bicyclic) bond motifs is 1. The maximum absolute atomic E-state index is 5.35. The van der Waals surface area contributed by atoms with E-state index in [0.717, 1.165) is 25.9 Å². The normalized spacial score (nSPS) is 15.6. The summed E-state index contributed by atoms with van der Waals surface area (Å²) in [4.78, 5) is 6.73. The Hall–Kier alpha value is -2.34. The maximum atomic E-state index is 5.35. The lowest BCUT2D eigenvalue weighted by Gasteiger charge is -2.25. The number of benzene rings is 1. The van der Waals surface area contributed by atoms with Gasteiger partial charge in [0.25, 0.3) is 0 Å². The molecule has 2 N–H and O–H groups in total. The first-order valence-corrected chi connectivity index (χ1v) is 8.98. The molecule has 6 heteroatoms. The van der Waals surface area contributed by atoms with Crippen LogP contribution in [-0.2, 0) is 6.42 Å². The zero-order valence-corrected chi connectivity index (χ0v) is 15.5. The third-order valence-electron chi connectivity index (χ3n) is 4.43. The van der Waals surface area contributed by atoms with Gasteiger partial charge in [-0.2, -0.15) is 0 Å². The summed E-state index contributed by atoms with van der Waals surface area (Å²) in [6, 6.07) is 12.9. The Balaban J connectivity index is 1.45. The Morgan fingerprint density at radius 3 is 3.00 bits per heavy atom. The lowest BCUT2D eigenvalue weighted by molar-refractivity contribution is 0.415. The molecule has 5 nitrogen and oxygen atoms in total. The van der Waals surface area contributed by atoms with Gasteiger partial charge in [-0.05, 0) is 55.7 Å². The molecule has 25 heavy (non-hydrogen) atoms. The molecule has 1 aliphatic rings. The molecule has 1 aromatic carbocycles. The fourth-order valence-electron chi connectivity index (χ4n) is 3.22. The van der Waals surface area contributed by atoms with Crippen molar-refractivity contribution in [3.63, 3.8) is 0 Å². The molecule has 132 valence electrons. The third-order valence-corrected chi connectivity index (χ3v) is 4.68. The van der Waals surface area contributed by atoms with E-state index in [1.807, 2.05) is 12.1 Å². The van der Waals surface area contributed by atoms with E-state index in [2.05, 4.69) is 51.7 Å². The number of hydrogen-bond acceptors (Lipinski definition) is 4. The molecular formula is C19H24N4OS. The van der Waals surface area contributed by atoms with Gasteiger partial charge in [-0.15, -0.1) is 0 Å². The van der Waals surface area contributed by atoms with Crippen molar-refractivity contribution in [2.45, 2.75) is 25.8 Å². The number of aromatic nitrogens is 1. The number of thiocarbonyl (C=S) groups is 1. The van der Waals surface area contributed by atoms with Crippen LogP contribution in [-0.4, -0.2) is 36.3 Å². The molecule has 2 aromatic rings. The summed E-state index contributed by atoms with van der Waals surface area (Å²) in [6.45, 7) is 4.11. The van der Waals surface area contributed by atoms with E-state index in [4.69, 9.17) is 17.0 Å². The van der Waals surface area contributed by atoms with Gasteiger partial charge in [-0.1, -0.05) is 18.2 Å². The summed E-state index contributed by atoms with van der Waals surface area (Å²) in [5, 5.41) is 6.89. The van der Waals surface area contributed by atoms with E-state index in [0.29, 0.717) is 22.7 Å². The van der Waals surface area contributed by atoms with Crippen LogP contribution in [0.4, 0.5) is 11.5 Å². The third kappa shape index (κ3) is 4.20. The van der Waals surface area contributed by atoms with Gasteiger partial charge < -0.3 is 20.3 Å². The minimum Gasteiger partial charge on any atom is -0.493 e. The minimum atomic E-state index is 0.556. The second-order valence-electron chi connectivity index (χ2n) is 6.16. The monoisotopic (exact) mass is 356 g/mol. The van der Waals surface area contributed by atoms with Crippen LogP contribution in [0, 0.1) is 0 Å². The van der Waals surface area contributed by atoms with Crippen molar-refractivity contribution >= 4 is 28.8 Å².